The second-order valence-electron chi connectivity index (χ2n) is 4.10. The van der Waals surface area contributed by atoms with Gasteiger partial charge in [-0.3, -0.25) is 14.8 Å². The molecule has 0 saturated carbocycles. The van der Waals surface area contributed by atoms with E-state index < -0.39 is 0 Å². The molecule has 1 aliphatic heterocycles. The van der Waals surface area contributed by atoms with Gasteiger partial charge in [0.15, 0.2) is 0 Å². The van der Waals surface area contributed by atoms with Gasteiger partial charge in [0.1, 0.15) is 0 Å². The monoisotopic (exact) mass is 272 g/mol. The zero-order chi connectivity index (χ0) is 13.1. The van der Waals surface area contributed by atoms with Crippen LogP contribution < -0.4 is 10.6 Å². The van der Waals surface area contributed by atoms with E-state index >= 15 is 0 Å². The number of carbonyl (C=O) groups excluding carboxylic acids is 1. The maximum Gasteiger partial charge on any atom is 0.234 e. The van der Waals surface area contributed by atoms with Crippen LogP contribution in [0.3, 0.4) is 0 Å². The summed E-state index contributed by atoms with van der Waals surface area (Å²) in [6, 6.07) is 5.95. The standard InChI is InChI=1S/C13H12N4OS/c18-13-8-19-12-2-1-9(5-11(12)17-13)16-7-10-6-14-3-4-15-10/h1-6,16H,7-8H2,(H,17,18). The summed E-state index contributed by atoms with van der Waals surface area (Å²) in [5, 5.41) is 6.13. The summed E-state index contributed by atoms with van der Waals surface area (Å²) >= 11 is 1.56. The lowest BCUT2D eigenvalue weighted by Gasteiger charge is -2.17. The number of benzene rings is 1. The Kier molecular flexibility index (Phi) is 3.33. The van der Waals surface area contributed by atoms with Crippen molar-refractivity contribution in [3.8, 4) is 0 Å². The minimum atomic E-state index is 0.0450. The molecule has 1 aromatic carbocycles. The number of thioether (sulfide) groups is 1. The van der Waals surface area contributed by atoms with Crippen LogP contribution in [0.1, 0.15) is 5.69 Å². The summed E-state index contributed by atoms with van der Waals surface area (Å²) in [7, 11) is 0. The average molecular weight is 272 g/mol. The molecule has 2 N–H and O–H groups in total. The van der Waals surface area contributed by atoms with Gasteiger partial charge in [-0.2, -0.15) is 0 Å². The molecule has 0 atom stereocenters. The van der Waals surface area contributed by atoms with Crippen LogP contribution in [0.5, 0.6) is 0 Å². The summed E-state index contributed by atoms with van der Waals surface area (Å²) in [6.07, 6.45) is 5.04. The van der Waals surface area contributed by atoms with E-state index in [1.165, 1.54) is 0 Å². The third-order valence-electron chi connectivity index (χ3n) is 2.70. The van der Waals surface area contributed by atoms with Gasteiger partial charge in [-0.25, -0.2) is 0 Å². The van der Waals surface area contributed by atoms with Crippen LogP contribution in [0, 0.1) is 0 Å². The fraction of sp³-hybridized carbons (Fsp3) is 0.154. The number of amides is 1. The van der Waals surface area contributed by atoms with Crippen molar-refractivity contribution in [1.82, 2.24) is 9.97 Å². The fourth-order valence-electron chi connectivity index (χ4n) is 1.81. The minimum Gasteiger partial charge on any atom is -0.379 e. The first-order valence-corrected chi connectivity index (χ1v) is 6.85. The number of nitrogens with zero attached hydrogens (tertiary/aromatic N) is 2. The molecule has 6 heteroatoms. The SMILES string of the molecule is O=C1CSc2ccc(NCc3cnccn3)cc2N1. The first-order valence-electron chi connectivity index (χ1n) is 5.87. The van der Waals surface area contributed by atoms with E-state index in [9.17, 15) is 4.79 Å². The van der Waals surface area contributed by atoms with E-state index in [0.29, 0.717) is 12.3 Å². The summed E-state index contributed by atoms with van der Waals surface area (Å²) < 4.78 is 0. The van der Waals surface area contributed by atoms with Crippen LogP contribution in [0.15, 0.2) is 41.7 Å². The van der Waals surface area contributed by atoms with Crippen molar-refractivity contribution in [2.75, 3.05) is 16.4 Å². The molecule has 2 heterocycles. The Morgan fingerprint density at radius 1 is 1.37 bits per heavy atom. The predicted molar refractivity (Wildman–Crippen MR) is 75.2 cm³/mol. The number of hydrogen-bond donors (Lipinski definition) is 2. The lowest BCUT2D eigenvalue weighted by atomic mass is 10.2. The highest BCUT2D eigenvalue weighted by Gasteiger charge is 2.15. The summed E-state index contributed by atoms with van der Waals surface area (Å²) in [5.74, 6) is 0.530. The van der Waals surface area contributed by atoms with Crippen molar-refractivity contribution in [2.45, 2.75) is 11.4 Å². The molecular formula is C13H12N4OS. The predicted octanol–water partition coefficient (Wildman–Crippen LogP) is 2.13. The maximum absolute atomic E-state index is 11.3. The second-order valence-corrected chi connectivity index (χ2v) is 5.12. The van der Waals surface area contributed by atoms with Gasteiger partial charge in [-0.05, 0) is 18.2 Å². The number of anilines is 2. The summed E-state index contributed by atoms with van der Waals surface area (Å²) in [5.41, 5.74) is 2.69. The van der Waals surface area contributed by atoms with Gasteiger partial charge in [0.25, 0.3) is 0 Å². The largest absolute Gasteiger partial charge is 0.379 e. The van der Waals surface area contributed by atoms with E-state index in [1.54, 1.807) is 30.4 Å². The second kappa shape index (κ2) is 5.27. The number of hydrogen-bond acceptors (Lipinski definition) is 5. The Morgan fingerprint density at radius 2 is 2.32 bits per heavy atom. The van der Waals surface area contributed by atoms with Crippen LogP contribution in [-0.2, 0) is 11.3 Å². The van der Waals surface area contributed by atoms with Crippen LogP contribution in [0.4, 0.5) is 11.4 Å². The Bertz CT molecular complexity index is 603. The number of aromatic nitrogens is 2. The fourth-order valence-corrected chi connectivity index (χ4v) is 2.60. The zero-order valence-electron chi connectivity index (χ0n) is 10.1. The quantitative estimate of drug-likeness (QED) is 0.896. The molecule has 0 fully saturated rings. The van der Waals surface area contributed by atoms with Crippen molar-refractivity contribution in [1.29, 1.82) is 0 Å². The molecule has 0 saturated heterocycles. The molecule has 0 spiro atoms. The number of rotatable bonds is 3. The Labute approximate surface area is 114 Å². The third kappa shape index (κ3) is 2.85. The van der Waals surface area contributed by atoms with Crippen molar-refractivity contribution in [2.24, 2.45) is 0 Å². The molecule has 0 bridgehead atoms. The molecule has 19 heavy (non-hydrogen) atoms. The van der Waals surface area contributed by atoms with Gasteiger partial charge in [-0.15, -0.1) is 11.8 Å². The molecule has 0 radical (unpaired) electrons. The van der Waals surface area contributed by atoms with Crippen molar-refractivity contribution >= 4 is 29.0 Å². The average Bonchev–Trinajstić information content (AvgIpc) is 2.46. The van der Waals surface area contributed by atoms with Crippen LogP contribution in [0.2, 0.25) is 0 Å². The molecule has 3 rings (SSSR count). The molecule has 1 amide bonds. The zero-order valence-corrected chi connectivity index (χ0v) is 10.9. The summed E-state index contributed by atoms with van der Waals surface area (Å²) in [6.45, 7) is 0.605. The van der Waals surface area contributed by atoms with Crippen LogP contribution in [-0.4, -0.2) is 21.6 Å². The third-order valence-corrected chi connectivity index (χ3v) is 3.78. The van der Waals surface area contributed by atoms with Crippen LogP contribution in [0.25, 0.3) is 0 Å². The van der Waals surface area contributed by atoms with E-state index in [-0.39, 0.29) is 5.91 Å². The first-order chi connectivity index (χ1) is 9.31. The molecule has 96 valence electrons. The molecular weight excluding hydrogens is 260 g/mol. The smallest absolute Gasteiger partial charge is 0.234 e. The van der Waals surface area contributed by atoms with Crippen molar-refractivity contribution in [3.63, 3.8) is 0 Å². The highest BCUT2D eigenvalue weighted by atomic mass is 32.2. The molecule has 0 unspecified atom stereocenters. The van der Waals surface area contributed by atoms with E-state index in [0.717, 1.165) is 22.0 Å². The molecule has 5 nitrogen and oxygen atoms in total. The maximum atomic E-state index is 11.3. The van der Waals surface area contributed by atoms with Gasteiger partial charge in [0, 0.05) is 23.0 Å². The summed E-state index contributed by atoms with van der Waals surface area (Å²) in [4.78, 5) is 20.7. The highest BCUT2D eigenvalue weighted by Crippen LogP contribution is 2.33. The van der Waals surface area contributed by atoms with Gasteiger partial charge in [0.05, 0.1) is 29.9 Å². The Hall–Kier alpha value is -2.08. The van der Waals surface area contributed by atoms with E-state index in [2.05, 4.69) is 20.6 Å². The van der Waals surface area contributed by atoms with Gasteiger partial charge >= 0.3 is 0 Å². The Morgan fingerprint density at radius 3 is 3.16 bits per heavy atom. The molecule has 1 aromatic heterocycles. The lowest BCUT2D eigenvalue weighted by molar-refractivity contribution is -0.113. The van der Waals surface area contributed by atoms with Gasteiger partial charge in [-0.1, -0.05) is 0 Å². The van der Waals surface area contributed by atoms with Crippen LogP contribution >= 0.6 is 11.8 Å². The van der Waals surface area contributed by atoms with Gasteiger partial charge in [0.2, 0.25) is 5.91 Å². The molecule has 0 aliphatic carbocycles. The molecule has 2 aromatic rings. The van der Waals surface area contributed by atoms with Crippen molar-refractivity contribution < 1.29 is 4.79 Å². The lowest BCUT2D eigenvalue weighted by Crippen LogP contribution is -2.18. The van der Waals surface area contributed by atoms with E-state index in [1.807, 2.05) is 18.2 Å². The molecule has 1 aliphatic rings. The van der Waals surface area contributed by atoms with Crippen molar-refractivity contribution in [3.05, 3.63) is 42.5 Å². The topological polar surface area (TPSA) is 66.9 Å². The minimum absolute atomic E-state index is 0.0450. The van der Waals surface area contributed by atoms with E-state index in [4.69, 9.17) is 0 Å². The highest BCUT2D eigenvalue weighted by molar-refractivity contribution is 8.00. The normalized spacial score (nSPS) is 13.6. The Balaban J connectivity index is 1.72. The number of nitrogens with one attached hydrogen (secondary N) is 2. The first kappa shape index (κ1) is 12.0. The number of carbonyl (C=O) groups is 1. The van der Waals surface area contributed by atoms with Gasteiger partial charge < -0.3 is 10.6 Å². The number of fused-ring (bicyclic) bond motifs is 1.